The van der Waals surface area contributed by atoms with Crippen LogP contribution in [-0.4, -0.2) is 47.6 Å². The molecule has 0 unspecified atom stereocenters. The summed E-state index contributed by atoms with van der Waals surface area (Å²) in [5, 5.41) is 17.6. The number of rotatable bonds is 8. The maximum Gasteiger partial charge on any atom is 0.214 e. The normalized spacial score (nSPS) is 18.6. The largest absolute Gasteiger partial charge is 0.472 e. The van der Waals surface area contributed by atoms with E-state index in [1.165, 1.54) is 22.3 Å². The van der Waals surface area contributed by atoms with Gasteiger partial charge in [0.1, 0.15) is 6.10 Å². The Hall–Kier alpha value is -3.29. The molecule has 1 saturated heterocycles. The van der Waals surface area contributed by atoms with Crippen LogP contribution in [0.15, 0.2) is 54.3 Å². The van der Waals surface area contributed by atoms with Crippen LogP contribution in [-0.2, 0) is 11.3 Å². The number of benzene rings is 1. The molecule has 1 aromatic carbocycles. The van der Waals surface area contributed by atoms with Crippen molar-refractivity contribution in [3.63, 3.8) is 0 Å². The summed E-state index contributed by atoms with van der Waals surface area (Å²) in [6.45, 7) is 6.32. The Labute approximate surface area is 200 Å². The van der Waals surface area contributed by atoms with Crippen molar-refractivity contribution in [1.29, 1.82) is 0 Å². The number of hydrogen-bond acceptors (Lipinski definition) is 7. The van der Waals surface area contributed by atoms with Crippen molar-refractivity contribution < 1.29 is 9.47 Å². The summed E-state index contributed by atoms with van der Waals surface area (Å²) >= 11 is 0. The van der Waals surface area contributed by atoms with Crippen LogP contribution in [0, 0.1) is 6.92 Å². The predicted octanol–water partition coefficient (Wildman–Crippen LogP) is 4.43. The first-order valence-corrected chi connectivity index (χ1v) is 11.9. The van der Waals surface area contributed by atoms with Gasteiger partial charge in [-0.25, -0.2) is 4.98 Å². The summed E-state index contributed by atoms with van der Waals surface area (Å²) in [6, 6.07) is 10.7. The molecule has 34 heavy (non-hydrogen) atoms. The molecule has 3 heterocycles. The Morgan fingerprint density at radius 1 is 1.18 bits per heavy atom. The number of aromatic nitrogens is 3. The number of allylic oxidation sites excluding steroid dienone is 3. The van der Waals surface area contributed by atoms with E-state index in [1.54, 1.807) is 0 Å². The number of pyridine rings is 1. The number of ether oxygens (including phenoxy) is 2. The zero-order valence-corrected chi connectivity index (χ0v) is 20.0. The zero-order chi connectivity index (χ0) is 23.5. The van der Waals surface area contributed by atoms with E-state index >= 15 is 0 Å². The third-order valence-corrected chi connectivity index (χ3v) is 6.53. The summed E-state index contributed by atoms with van der Waals surface area (Å²) < 4.78 is 11.5. The van der Waals surface area contributed by atoms with Crippen LogP contribution in [0.4, 0.5) is 5.82 Å². The maximum absolute atomic E-state index is 6.04. The van der Waals surface area contributed by atoms with Gasteiger partial charge in [-0.3, -0.25) is 0 Å². The first-order valence-electron chi connectivity index (χ1n) is 11.9. The summed E-state index contributed by atoms with van der Waals surface area (Å²) in [4.78, 5) is 4.50. The SMILES string of the molecule is CNCc1ccccc1C1=CC=C([C@@H](C)Nc2nnc(C)c3cnc(O[C@H]4CCOC4)cc23)C1. The molecule has 3 aromatic rings. The third kappa shape index (κ3) is 4.67. The summed E-state index contributed by atoms with van der Waals surface area (Å²) in [5.41, 5.74) is 6.13. The Balaban J connectivity index is 1.33. The smallest absolute Gasteiger partial charge is 0.214 e. The van der Waals surface area contributed by atoms with Crippen LogP contribution in [0.3, 0.4) is 0 Å². The van der Waals surface area contributed by atoms with Gasteiger partial charge >= 0.3 is 0 Å². The van der Waals surface area contributed by atoms with E-state index < -0.39 is 0 Å². The van der Waals surface area contributed by atoms with Crippen LogP contribution in [0.1, 0.15) is 36.6 Å². The lowest BCUT2D eigenvalue weighted by Crippen LogP contribution is -2.19. The minimum Gasteiger partial charge on any atom is -0.472 e. The fraction of sp³-hybridized carbons (Fsp3) is 0.370. The minimum absolute atomic E-state index is 0.0510. The van der Waals surface area contributed by atoms with Gasteiger partial charge in [-0.05, 0) is 49.6 Å². The van der Waals surface area contributed by atoms with Crippen LogP contribution < -0.4 is 15.4 Å². The molecule has 0 spiro atoms. The molecule has 1 aliphatic carbocycles. The Morgan fingerprint density at radius 3 is 2.88 bits per heavy atom. The van der Waals surface area contributed by atoms with E-state index in [9.17, 15) is 0 Å². The number of fused-ring (bicyclic) bond motifs is 1. The standard InChI is InChI=1S/C27H31N5O2/c1-17(19-8-9-20(12-19)23-7-5-4-6-21(23)14-28-3)30-27-24-13-26(34-22-10-11-33-16-22)29-15-25(24)18(2)31-32-27/h4-9,13,15,17,22,28H,10-12,14,16H2,1-3H3,(H,30,32)/t17-,22+/m1/s1. The molecule has 0 bridgehead atoms. The van der Waals surface area contributed by atoms with Gasteiger partial charge in [0.05, 0.1) is 18.9 Å². The molecular weight excluding hydrogens is 426 g/mol. The molecule has 0 radical (unpaired) electrons. The maximum atomic E-state index is 6.04. The second kappa shape index (κ2) is 9.91. The van der Waals surface area contributed by atoms with Gasteiger partial charge in [-0.2, -0.15) is 5.10 Å². The van der Waals surface area contributed by atoms with Gasteiger partial charge in [0, 0.05) is 42.0 Å². The summed E-state index contributed by atoms with van der Waals surface area (Å²) in [5.74, 6) is 1.34. The second-order valence-electron chi connectivity index (χ2n) is 8.97. The van der Waals surface area contributed by atoms with E-state index in [-0.39, 0.29) is 12.1 Å². The highest BCUT2D eigenvalue weighted by atomic mass is 16.5. The van der Waals surface area contributed by atoms with Crippen LogP contribution >= 0.6 is 0 Å². The molecule has 1 fully saturated rings. The van der Waals surface area contributed by atoms with E-state index in [0.717, 1.165) is 48.3 Å². The molecule has 2 N–H and O–H groups in total. The lowest BCUT2D eigenvalue weighted by atomic mass is 9.96. The van der Waals surface area contributed by atoms with Gasteiger partial charge in [0.15, 0.2) is 5.82 Å². The van der Waals surface area contributed by atoms with Gasteiger partial charge in [-0.15, -0.1) is 5.10 Å². The average Bonchev–Trinajstić information content (AvgIpc) is 3.54. The van der Waals surface area contributed by atoms with Crippen molar-refractivity contribution in [2.24, 2.45) is 0 Å². The highest BCUT2D eigenvalue weighted by molar-refractivity contribution is 5.93. The van der Waals surface area contributed by atoms with Gasteiger partial charge in [0.2, 0.25) is 5.88 Å². The first kappa shape index (κ1) is 22.5. The van der Waals surface area contributed by atoms with Crippen molar-refractivity contribution in [1.82, 2.24) is 20.5 Å². The Morgan fingerprint density at radius 2 is 2.06 bits per heavy atom. The molecule has 2 aromatic heterocycles. The van der Waals surface area contributed by atoms with Gasteiger partial charge in [0.25, 0.3) is 0 Å². The third-order valence-electron chi connectivity index (χ3n) is 6.53. The monoisotopic (exact) mass is 457 g/mol. The number of hydrogen-bond donors (Lipinski definition) is 2. The molecule has 1 aliphatic heterocycles. The number of aryl methyl sites for hydroxylation is 1. The number of nitrogens with one attached hydrogen (secondary N) is 2. The molecule has 2 aliphatic rings. The molecule has 7 nitrogen and oxygen atoms in total. The summed E-state index contributed by atoms with van der Waals surface area (Å²) in [6.07, 6.45) is 8.13. The van der Waals surface area contributed by atoms with Crippen molar-refractivity contribution in [3.05, 3.63) is 71.1 Å². The van der Waals surface area contributed by atoms with Crippen molar-refractivity contribution in [3.8, 4) is 5.88 Å². The minimum atomic E-state index is 0.0510. The molecule has 5 rings (SSSR count). The van der Waals surface area contributed by atoms with Gasteiger partial charge < -0.3 is 20.1 Å². The van der Waals surface area contributed by atoms with Crippen LogP contribution in [0.5, 0.6) is 5.88 Å². The van der Waals surface area contributed by atoms with Gasteiger partial charge in [-0.1, -0.05) is 36.4 Å². The highest BCUT2D eigenvalue weighted by Crippen LogP contribution is 2.33. The summed E-state index contributed by atoms with van der Waals surface area (Å²) in [7, 11) is 1.98. The lowest BCUT2D eigenvalue weighted by Gasteiger charge is -2.19. The molecule has 0 amide bonds. The van der Waals surface area contributed by atoms with E-state index in [1.807, 2.05) is 26.2 Å². The van der Waals surface area contributed by atoms with E-state index in [0.29, 0.717) is 12.5 Å². The fourth-order valence-corrected chi connectivity index (χ4v) is 4.60. The second-order valence-corrected chi connectivity index (χ2v) is 8.97. The molecule has 2 atom stereocenters. The first-order chi connectivity index (χ1) is 16.6. The topological polar surface area (TPSA) is 81.2 Å². The van der Waals surface area contributed by atoms with Crippen molar-refractivity contribution in [2.75, 3.05) is 25.6 Å². The van der Waals surface area contributed by atoms with Crippen LogP contribution in [0.25, 0.3) is 16.3 Å². The van der Waals surface area contributed by atoms with Crippen molar-refractivity contribution >= 4 is 22.2 Å². The number of nitrogens with zero attached hydrogens (tertiary/aromatic N) is 3. The van der Waals surface area contributed by atoms with Crippen molar-refractivity contribution in [2.45, 2.75) is 45.4 Å². The Bertz CT molecular complexity index is 1250. The van der Waals surface area contributed by atoms with E-state index in [4.69, 9.17) is 9.47 Å². The average molecular weight is 458 g/mol. The molecule has 0 saturated carbocycles. The van der Waals surface area contributed by atoms with E-state index in [2.05, 4.69) is 69.2 Å². The zero-order valence-electron chi connectivity index (χ0n) is 20.0. The fourth-order valence-electron chi connectivity index (χ4n) is 4.60. The molecule has 7 heteroatoms. The molecular formula is C27H31N5O2. The quantitative estimate of drug-likeness (QED) is 0.518. The van der Waals surface area contributed by atoms with Crippen LogP contribution in [0.2, 0.25) is 0 Å². The lowest BCUT2D eigenvalue weighted by molar-refractivity contribution is 0.138. The number of anilines is 1. The predicted molar refractivity (Wildman–Crippen MR) is 135 cm³/mol. The molecule has 176 valence electrons. The Kier molecular flexibility index (Phi) is 6.56. The highest BCUT2D eigenvalue weighted by Gasteiger charge is 2.21.